The van der Waals surface area contributed by atoms with Gasteiger partial charge in [-0.15, -0.1) is 0 Å². The van der Waals surface area contributed by atoms with Gasteiger partial charge in [-0.05, 0) is 32.6 Å². The van der Waals surface area contributed by atoms with E-state index in [1.165, 1.54) is 25.7 Å². The Morgan fingerprint density at radius 1 is 1.19 bits per heavy atom. The van der Waals surface area contributed by atoms with Crippen molar-refractivity contribution in [3.05, 3.63) is 22.2 Å². The third kappa shape index (κ3) is 2.37. The van der Waals surface area contributed by atoms with Gasteiger partial charge in [-0.1, -0.05) is 31.4 Å². The van der Waals surface area contributed by atoms with E-state index in [4.69, 9.17) is 11.6 Å². The first-order valence-corrected chi connectivity index (χ1v) is 6.46. The molecule has 3 heteroatoms. The van der Waals surface area contributed by atoms with E-state index in [0.29, 0.717) is 11.1 Å². The average molecular weight is 239 g/mol. The normalized spacial score (nSPS) is 25.8. The first-order chi connectivity index (χ1) is 7.58. The van der Waals surface area contributed by atoms with Crippen LogP contribution in [-0.2, 0) is 0 Å². The lowest BCUT2D eigenvalue weighted by Crippen LogP contribution is -2.15. The molecule has 2 rings (SSSR count). The summed E-state index contributed by atoms with van der Waals surface area (Å²) in [4.78, 5) is 9.04. The molecular formula is C13H19ClN2. The van der Waals surface area contributed by atoms with E-state index in [9.17, 15) is 0 Å². The van der Waals surface area contributed by atoms with Gasteiger partial charge in [0.05, 0.1) is 0 Å². The van der Waals surface area contributed by atoms with Crippen LogP contribution < -0.4 is 0 Å². The molecule has 16 heavy (non-hydrogen) atoms. The number of hydrogen-bond donors (Lipinski definition) is 0. The Balaban J connectivity index is 2.26. The van der Waals surface area contributed by atoms with Crippen LogP contribution in [-0.4, -0.2) is 9.97 Å². The van der Waals surface area contributed by atoms with Crippen LogP contribution in [0.25, 0.3) is 0 Å². The topological polar surface area (TPSA) is 25.8 Å². The molecule has 88 valence electrons. The fraction of sp³-hybridized carbons (Fsp3) is 0.692. The molecule has 2 atom stereocenters. The molecule has 1 heterocycles. The van der Waals surface area contributed by atoms with Crippen LogP contribution in [0.15, 0.2) is 0 Å². The first-order valence-electron chi connectivity index (χ1n) is 6.08. The Hall–Kier alpha value is -0.630. The summed E-state index contributed by atoms with van der Waals surface area (Å²) in [6, 6.07) is 0. The van der Waals surface area contributed by atoms with Gasteiger partial charge in [0.2, 0.25) is 0 Å². The highest BCUT2D eigenvalue weighted by Gasteiger charge is 2.23. The minimum absolute atomic E-state index is 0.514. The van der Waals surface area contributed by atoms with E-state index in [0.717, 1.165) is 23.0 Å². The van der Waals surface area contributed by atoms with Gasteiger partial charge >= 0.3 is 0 Å². The number of rotatable bonds is 1. The average Bonchev–Trinajstić information content (AvgIpc) is 2.25. The first kappa shape index (κ1) is 11.8. The fourth-order valence-electron chi connectivity index (χ4n) is 2.47. The van der Waals surface area contributed by atoms with Crippen LogP contribution in [0.2, 0.25) is 5.15 Å². The zero-order valence-electron chi connectivity index (χ0n) is 10.3. The van der Waals surface area contributed by atoms with Crippen LogP contribution >= 0.6 is 11.6 Å². The second-order valence-electron chi connectivity index (χ2n) is 5.05. The molecule has 1 saturated carbocycles. The van der Waals surface area contributed by atoms with Crippen molar-refractivity contribution in [2.45, 2.75) is 52.4 Å². The van der Waals surface area contributed by atoms with Crippen molar-refractivity contribution in [3.63, 3.8) is 0 Å². The third-order valence-electron chi connectivity index (χ3n) is 3.65. The van der Waals surface area contributed by atoms with E-state index >= 15 is 0 Å². The molecule has 1 aliphatic rings. The van der Waals surface area contributed by atoms with Gasteiger partial charge in [0.1, 0.15) is 11.0 Å². The molecule has 0 spiro atoms. The summed E-state index contributed by atoms with van der Waals surface area (Å²) < 4.78 is 0. The summed E-state index contributed by atoms with van der Waals surface area (Å²) in [6.45, 7) is 6.30. The molecule has 0 N–H and O–H groups in total. The van der Waals surface area contributed by atoms with Crippen LogP contribution in [0.3, 0.4) is 0 Å². The SMILES string of the molecule is Cc1nc(C2CCCC(C)C2)nc(Cl)c1C. The van der Waals surface area contributed by atoms with E-state index in [-0.39, 0.29) is 0 Å². The molecule has 1 aromatic rings. The summed E-state index contributed by atoms with van der Waals surface area (Å²) >= 11 is 6.12. The highest BCUT2D eigenvalue weighted by atomic mass is 35.5. The Morgan fingerprint density at radius 3 is 2.56 bits per heavy atom. The van der Waals surface area contributed by atoms with Crippen LogP contribution in [0.5, 0.6) is 0 Å². The van der Waals surface area contributed by atoms with Crippen LogP contribution in [0.4, 0.5) is 0 Å². The molecular weight excluding hydrogens is 220 g/mol. The molecule has 1 aliphatic carbocycles. The van der Waals surface area contributed by atoms with Crippen molar-refractivity contribution < 1.29 is 0 Å². The zero-order valence-corrected chi connectivity index (χ0v) is 11.0. The summed E-state index contributed by atoms with van der Waals surface area (Å²) in [5, 5.41) is 0.626. The largest absolute Gasteiger partial charge is 0.238 e. The molecule has 2 unspecified atom stereocenters. The molecule has 2 nitrogen and oxygen atoms in total. The Kier molecular flexibility index (Phi) is 3.48. The van der Waals surface area contributed by atoms with Gasteiger partial charge in [-0.2, -0.15) is 0 Å². The predicted octanol–water partition coefficient (Wildman–Crippen LogP) is 4.04. The second kappa shape index (κ2) is 4.70. The van der Waals surface area contributed by atoms with E-state index in [2.05, 4.69) is 16.9 Å². The molecule has 0 saturated heterocycles. The lowest BCUT2D eigenvalue weighted by molar-refractivity contribution is 0.335. The molecule has 0 bridgehead atoms. The maximum absolute atomic E-state index is 6.12. The molecule has 1 fully saturated rings. The van der Waals surface area contributed by atoms with Gasteiger partial charge in [0, 0.05) is 17.2 Å². The summed E-state index contributed by atoms with van der Waals surface area (Å²) in [5.74, 6) is 2.27. The van der Waals surface area contributed by atoms with Gasteiger partial charge in [0.15, 0.2) is 0 Å². The van der Waals surface area contributed by atoms with Gasteiger partial charge in [-0.3, -0.25) is 0 Å². The van der Waals surface area contributed by atoms with E-state index < -0.39 is 0 Å². The molecule has 0 aliphatic heterocycles. The molecule has 0 aromatic carbocycles. The minimum atomic E-state index is 0.514. The fourth-order valence-corrected chi connectivity index (χ4v) is 2.69. The quantitative estimate of drug-likeness (QED) is 0.690. The summed E-state index contributed by atoms with van der Waals surface area (Å²) in [7, 11) is 0. The maximum Gasteiger partial charge on any atom is 0.135 e. The monoisotopic (exact) mass is 238 g/mol. The minimum Gasteiger partial charge on any atom is -0.238 e. The van der Waals surface area contributed by atoms with Crippen LogP contribution in [0, 0.1) is 19.8 Å². The van der Waals surface area contributed by atoms with Gasteiger partial charge in [-0.25, -0.2) is 9.97 Å². The smallest absolute Gasteiger partial charge is 0.135 e. The van der Waals surface area contributed by atoms with Crippen molar-refractivity contribution in [3.8, 4) is 0 Å². The maximum atomic E-state index is 6.12. The lowest BCUT2D eigenvalue weighted by atomic mass is 9.82. The lowest BCUT2D eigenvalue weighted by Gasteiger charge is -2.25. The van der Waals surface area contributed by atoms with Crippen molar-refractivity contribution in [1.82, 2.24) is 9.97 Å². The van der Waals surface area contributed by atoms with Crippen molar-refractivity contribution in [2.75, 3.05) is 0 Å². The second-order valence-corrected chi connectivity index (χ2v) is 5.41. The third-order valence-corrected chi connectivity index (χ3v) is 4.02. The van der Waals surface area contributed by atoms with Crippen molar-refractivity contribution in [2.24, 2.45) is 5.92 Å². The summed E-state index contributed by atoms with van der Waals surface area (Å²) in [6.07, 6.45) is 5.05. The number of aryl methyl sites for hydroxylation is 1. The van der Waals surface area contributed by atoms with Crippen LogP contribution in [0.1, 0.15) is 55.6 Å². The Bertz CT molecular complexity index is 367. The van der Waals surface area contributed by atoms with Gasteiger partial charge < -0.3 is 0 Å². The van der Waals surface area contributed by atoms with E-state index in [1.54, 1.807) is 0 Å². The molecule has 1 aromatic heterocycles. The van der Waals surface area contributed by atoms with E-state index in [1.807, 2.05) is 13.8 Å². The Morgan fingerprint density at radius 2 is 1.94 bits per heavy atom. The number of hydrogen-bond acceptors (Lipinski definition) is 2. The zero-order chi connectivity index (χ0) is 11.7. The Labute approximate surface area is 102 Å². The number of halogens is 1. The summed E-state index contributed by atoms with van der Waals surface area (Å²) in [5.41, 5.74) is 2.03. The number of aromatic nitrogens is 2. The molecule has 0 radical (unpaired) electrons. The van der Waals surface area contributed by atoms with Crippen molar-refractivity contribution >= 4 is 11.6 Å². The number of nitrogens with zero attached hydrogens (tertiary/aromatic N) is 2. The standard InChI is InChI=1S/C13H19ClN2/c1-8-5-4-6-11(7-8)13-15-10(3)9(2)12(14)16-13/h8,11H,4-7H2,1-3H3. The molecule has 0 amide bonds. The highest BCUT2D eigenvalue weighted by molar-refractivity contribution is 6.30. The highest BCUT2D eigenvalue weighted by Crippen LogP contribution is 2.35. The van der Waals surface area contributed by atoms with Crippen molar-refractivity contribution in [1.29, 1.82) is 0 Å². The predicted molar refractivity (Wildman–Crippen MR) is 66.9 cm³/mol. The van der Waals surface area contributed by atoms with Gasteiger partial charge in [0.25, 0.3) is 0 Å².